The van der Waals surface area contributed by atoms with E-state index in [0.717, 1.165) is 17.8 Å². The molecule has 2 aromatic rings. The van der Waals surface area contributed by atoms with Gasteiger partial charge in [0.05, 0.1) is 4.88 Å². The maximum absolute atomic E-state index is 12.0. The second-order valence-electron chi connectivity index (χ2n) is 5.22. The van der Waals surface area contributed by atoms with Gasteiger partial charge in [0.2, 0.25) is 0 Å². The third kappa shape index (κ3) is 4.33. The molecule has 2 rings (SSSR count). The molecule has 1 aromatic carbocycles. The molecule has 4 heteroatoms. The Morgan fingerprint density at radius 2 is 1.95 bits per heavy atom. The molecule has 112 valence electrons. The molecule has 0 radical (unpaired) electrons. The Morgan fingerprint density at radius 1 is 1.24 bits per heavy atom. The van der Waals surface area contributed by atoms with Gasteiger partial charge >= 0.3 is 0 Å². The monoisotopic (exact) mass is 302 g/mol. The van der Waals surface area contributed by atoms with Crippen molar-refractivity contribution in [2.24, 2.45) is 0 Å². The zero-order valence-corrected chi connectivity index (χ0v) is 13.7. The first-order valence-electron chi connectivity index (χ1n) is 7.19. The summed E-state index contributed by atoms with van der Waals surface area (Å²) < 4.78 is 0. The summed E-state index contributed by atoms with van der Waals surface area (Å²) in [5, 5.41) is 2.99. The van der Waals surface area contributed by atoms with Gasteiger partial charge in [-0.2, -0.15) is 0 Å². The molecule has 1 N–H and O–H groups in total. The van der Waals surface area contributed by atoms with Gasteiger partial charge in [-0.15, -0.1) is 11.3 Å². The first-order chi connectivity index (χ1) is 10.1. The number of carbonyl (C=O) groups excluding carboxylic acids is 1. The summed E-state index contributed by atoms with van der Waals surface area (Å²) in [6.45, 7) is 5.71. The van der Waals surface area contributed by atoms with E-state index < -0.39 is 0 Å². The number of benzene rings is 1. The molecule has 1 amide bonds. The zero-order chi connectivity index (χ0) is 15.2. The van der Waals surface area contributed by atoms with Gasteiger partial charge < -0.3 is 10.2 Å². The predicted octanol–water partition coefficient (Wildman–Crippen LogP) is 3.62. The summed E-state index contributed by atoms with van der Waals surface area (Å²) in [7, 11) is 2.07. The first kappa shape index (κ1) is 15.6. The number of anilines is 1. The fourth-order valence-electron chi connectivity index (χ4n) is 2.10. The molecule has 0 saturated heterocycles. The minimum Gasteiger partial charge on any atom is -0.375 e. The molecule has 0 spiro atoms. The summed E-state index contributed by atoms with van der Waals surface area (Å²) in [6, 6.07) is 12.2. The Balaban J connectivity index is 1.73. The number of nitrogens with zero attached hydrogens (tertiary/aromatic N) is 1. The van der Waals surface area contributed by atoms with Gasteiger partial charge in [0.25, 0.3) is 5.91 Å². The van der Waals surface area contributed by atoms with Crippen LogP contribution in [0.2, 0.25) is 0 Å². The average molecular weight is 302 g/mol. The lowest BCUT2D eigenvalue weighted by Crippen LogP contribution is -2.27. The molecular weight excluding hydrogens is 280 g/mol. The molecule has 0 unspecified atom stereocenters. The number of carbonyl (C=O) groups is 1. The molecule has 3 nitrogen and oxygen atoms in total. The van der Waals surface area contributed by atoms with Gasteiger partial charge in [0.1, 0.15) is 0 Å². The van der Waals surface area contributed by atoms with Crippen LogP contribution in [0.3, 0.4) is 0 Å². The fraction of sp³-hybridized carbons (Fsp3) is 0.353. The fourth-order valence-corrected chi connectivity index (χ4v) is 3.05. The molecule has 0 aliphatic carbocycles. The van der Waals surface area contributed by atoms with E-state index in [4.69, 9.17) is 0 Å². The standard InChI is InChI=1S/C17H22N2OS/c1-13-12-16(21-14(13)2)17(20)18-10-7-11-19(3)15-8-5-4-6-9-15/h4-6,8-9,12H,7,10-11H2,1-3H3,(H,18,20). The third-order valence-electron chi connectivity index (χ3n) is 3.54. The highest BCUT2D eigenvalue weighted by molar-refractivity contribution is 7.14. The van der Waals surface area contributed by atoms with E-state index in [1.165, 1.54) is 16.1 Å². The van der Waals surface area contributed by atoms with Crippen LogP contribution in [0.4, 0.5) is 5.69 Å². The van der Waals surface area contributed by atoms with E-state index >= 15 is 0 Å². The molecule has 0 aliphatic rings. The highest BCUT2D eigenvalue weighted by Gasteiger charge is 2.09. The number of hydrogen-bond donors (Lipinski definition) is 1. The Hall–Kier alpha value is -1.81. The number of para-hydroxylation sites is 1. The van der Waals surface area contributed by atoms with E-state index in [1.807, 2.05) is 38.1 Å². The van der Waals surface area contributed by atoms with Crippen LogP contribution in [0.25, 0.3) is 0 Å². The van der Waals surface area contributed by atoms with Crippen molar-refractivity contribution in [2.75, 3.05) is 25.0 Å². The first-order valence-corrected chi connectivity index (χ1v) is 8.01. The van der Waals surface area contributed by atoms with Gasteiger partial charge in [-0.1, -0.05) is 18.2 Å². The van der Waals surface area contributed by atoms with Gasteiger partial charge in [-0.25, -0.2) is 0 Å². The van der Waals surface area contributed by atoms with Crippen molar-refractivity contribution in [2.45, 2.75) is 20.3 Å². The summed E-state index contributed by atoms with van der Waals surface area (Å²) in [5.41, 5.74) is 2.39. The minimum atomic E-state index is 0.0403. The maximum Gasteiger partial charge on any atom is 0.261 e. The van der Waals surface area contributed by atoms with Crippen LogP contribution in [0.1, 0.15) is 26.5 Å². The predicted molar refractivity (Wildman–Crippen MR) is 90.5 cm³/mol. The van der Waals surface area contributed by atoms with E-state index in [9.17, 15) is 4.79 Å². The van der Waals surface area contributed by atoms with Crippen LogP contribution < -0.4 is 10.2 Å². The number of nitrogens with one attached hydrogen (secondary N) is 1. The Bertz CT molecular complexity index is 573. The van der Waals surface area contributed by atoms with Crippen molar-refractivity contribution in [3.05, 3.63) is 51.7 Å². The lowest BCUT2D eigenvalue weighted by atomic mass is 10.2. The van der Waals surface area contributed by atoms with Gasteiger partial charge in [0, 0.05) is 30.7 Å². The van der Waals surface area contributed by atoms with Gasteiger partial charge in [-0.05, 0) is 44.0 Å². The van der Waals surface area contributed by atoms with Crippen molar-refractivity contribution in [1.82, 2.24) is 5.32 Å². The quantitative estimate of drug-likeness (QED) is 0.827. The Morgan fingerprint density at radius 3 is 2.57 bits per heavy atom. The normalized spacial score (nSPS) is 10.4. The minimum absolute atomic E-state index is 0.0403. The summed E-state index contributed by atoms with van der Waals surface area (Å²) in [5.74, 6) is 0.0403. The molecule has 0 atom stereocenters. The number of rotatable bonds is 6. The highest BCUT2D eigenvalue weighted by Crippen LogP contribution is 2.20. The molecule has 21 heavy (non-hydrogen) atoms. The number of hydrogen-bond acceptors (Lipinski definition) is 3. The van der Waals surface area contributed by atoms with Crippen LogP contribution in [-0.2, 0) is 0 Å². The van der Waals surface area contributed by atoms with Crippen molar-refractivity contribution < 1.29 is 4.79 Å². The van der Waals surface area contributed by atoms with E-state index in [0.29, 0.717) is 6.54 Å². The molecule has 0 fully saturated rings. The molecule has 0 bridgehead atoms. The van der Waals surface area contributed by atoms with Crippen molar-refractivity contribution >= 4 is 22.9 Å². The van der Waals surface area contributed by atoms with Gasteiger partial charge in [-0.3, -0.25) is 4.79 Å². The maximum atomic E-state index is 12.0. The Labute approximate surface area is 130 Å². The summed E-state index contributed by atoms with van der Waals surface area (Å²) >= 11 is 1.56. The highest BCUT2D eigenvalue weighted by atomic mass is 32.1. The molecule has 1 aromatic heterocycles. The summed E-state index contributed by atoms with van der Waals surface area (Å²) in [6.07, 6.45) is 0.931. The topological polar surface area (TPSA) is 32.3 Å². The molecule has 0 saturated carbocycles. The number of amides is 1. The number of aryl methyl sites for hydroxylation is 2. The second-order valence-corrected chi connectivity index (χ2v) is 6.47. The molecular formula is C17H22N2OS. The molecule has 0 aliphatic heterocycles. The third-order valence-corrected chi connectivity index (χ3v) is 4.69. The van der Waals surface area contributed by atoms with Crippen LogP contribution in [0, 0.1) is 13.8 Å². The second kappa shape index (κ2) is 7.27. The van der Waals surface area contributed by atoms with Crippen molar-refractivity contribution in [3.8, 4) is 0 Å². The van der Waals surface area contributed by atoms with Crippen molar-refractivity contribution in [1.29, 1.82) is 0 Å². The average Bonchev–Trinajstić information content (AvgIpc) is 2.84. The smallest absolute Gasteiger partial charge is 0.261 e. The zero-order valence-electron chi connectivity index (χ0n) is 12.8. The van der Waals surface area contributed by atoms with Crippen LogP contribution in [0.5, 0.6) is 0 Å². The lowest BCUT2D eigenvalue weighted by molar-refractivity contribution is 0.0957. The largest absolute Gasteiger partial charge is 0.375 e. The van der Waals surface area contributed by atoms with Crippen LogP contribution in [-0.4, -0.2) is 26.0 Å². The van der Waals surface area contributed by atoms with Crippen LogP contribution in [0.15, 0.2) is 36.4 Å². The van der Waals surface area contributed by atoms with E-state index in [1.54, 1.807) is 11.3 Å². The van der Waals surface area contributed by atoms with Crippen LogP contribution >= 0.6 is 11.3 Å². The molecule has 1 heterocycles. The lowest BCUT2D eigenvalue weighted by Gasteiger charge is -2.19. The van der Waals surface area contributed by atoms with E-state index in [2.05, 4.69) is 29.4 Å². The number of thiophene rings is 1. The van der Waals surface area contributed by atoms with Crippen molar-refractivity contribution in [3.63, 3.8) is 0 Å². The SMILES string of the molecule is Cc1cc(C(=O)NCCCN(C)c2ccccc2)sc1C. The Kier molecular flexibility index (Phi) is 5.39. The summed E-state index contributed by atoms with van der Waals surface area (Å²) in [4.78, 5) is 16.2. The van der Waals surface area contributed by atoms with E-state index in [-0.39, 0.29) is 5.91 Å². The van der Waals surface area contributed by atoms with Gasteiger partial charge in [0.15, 0.2) is 0 Å².